The van der Waals surface area contributed by atoms with Crippen LogP contribution in [0.2, 0.25) is 0 Å². The van der Waals surface area contributed by atoms with Crippen molar-refractivity contribution in [2.24, 2.45) is 0 Å². The average Bonchev–Trinajstić information content (AvgIpc) is 2.84. The van der Waals surface area contributed by atoms with E-state index in [9.17, 15) is 4.79 Å². The molecule has 0 aliphatic carbocycles. The number of nitrogens with one attached hydrogen (secondary N) is 2. The van der Waals surface area contributed by atoms with Crippen LogP contribution in [0.3, 0.4) is 0 Å². The normalized spacial score (nSPS) is 22.0. The van der Waals surface area contributed by atoms with Gasteiger partial charge in [-0.15, -0.1) is 0 Å². The summed E-state index contributed by atoms with van der Waals surface area (Å²) >= 11 is 0. The van der Waals surface area contributed by atoms with E-state index in [-0.39, 0.29) is 5.78 Å². The lowest BCUT2D eigenvalue weighted by molar-refractivity contribution is -0.920. The monoisotopic (exact) mass is 301 g/mol. The number of methoxy groups -OCH3 is 1. The summed E-state index contributed by atoms with van der Waals surface area (Å²) in [5.74, 6) is 1.03. The second-order valence-corrected chi connectivity index (χ2v) is 6.44. The van der Waals surface area contributed by atoms with Crippen molar-refractivity contribution >= 4 is 16.7 Å². The highest BCUT2D eigenvalue weighted by atomic mass is 16.5. The predicted octanol–water partition coefficient (Wildman–Crippen LogP) is 2.12. The lowest BCUT2D eigenvalue weighted by atomic mass is 10.0. The molecule has 2 heterocycles. The Morgan fingerprint density at radius 2 is 2.23 bits per heavy atom. The number of carbonyl (C=O) groups excluding carboxylic acids is 1. The summed E-state index contributed by atoms with van der Waals surface area (Å²) in [5, 5.41) is 0.978. The highest BCUT2D eigenvalue weighted by Gasteiger charge is 2.27. The number of ether oxygens (including phenoxy) is 1. The summed E-state index contributed by atoms with van der Waals surface area (Å²) in [7, 11) is 1.65. The molecular formula is C18H25N2O2+. The number of Topliss-reactive ketones (excluding diaryl/α,β-unsaturated/α-hetero) is 1. The number of carbonyl (C=O) groups is 1. The summed E-state index contributed by atoms with van der Waals surface area (Å²) in [6, 6.07) is 6.44. The molecule has 1 aromatic carbocycles. The van der Waals surface area contributed by atoms with Crippen LogP contribution in [0.1, 0.15) is 42.2 Å². The van der Waals surface area contributed by atoms with E-state index in [0.717, 1.165) is 34.5 Å². The molecule has 1 saturated heterocycles. The first-order chi connectivity index (χ1) is 10.6. The Morgan fingerprint density at radius 3 is 2.95 bits per heavy atom. The number of quaternary nitrogens is 1. The van der Waals surface area contributed by atoms with Gasteiger partial charge in [-0.05, 0) is 51.3 Å². The molecule has 0 saturated carbocycles. The first-order valence-electron chi connectivity index (χ1n) is 8.14. The van der Waals surface area contributed by atoms with Gasteiger partial charge in [0.15, 0.2) is 0 Å². The maximum Gasteiger partial charge on any atom is 0.219 e. The van der Waals surface area contributed by atoms with Gasteiger partial charge in [-0.25, -0.2) is 0 Å². The van der Waals surface area contributed by atoms with E-state index in [1.807, 2.05) is 25.1 Å². The Balaban J connectivity index is 1.91. The molecule has 0 spiro atoms. The van der Waals surface area contributed by atoms with Crippen LogP contribution < -0.4 is 9.64 Å². The predicted molar refractivity (Wildman–Crippen MR) is 87.9 cm³/mol. The fourth-order valence-corrected chi connectivity index (χ4v) is 3.60. The summed E-state index contributed by atoms with van der Waals surface area (Å²) in [5.41, 5.74) is 2.79. The van der Waals surface area contributed by atoms with Crippen LogP contribution in [0.4, 0.5) is 0 Å². The Kier molecular flexibility index (Phi) is 4.21. The minimum absolute atomic E-state index is 0.237. The summed E-state index contributed by atoms with van der Waals surface area (Å²) in [4.78, 5) is 17.6. The molecule has 1 unspecified atom stereocenters. The molecule has 3 rings (SSSR count). The fourth-order valence-electron chi connectivity index (χ4n) is 3.60. The van der Waals surface area contributed by atoms with Gasteiger partial charge < -0.3 is 14.6 Å². The van der Waals surface area contributed by atoms with Gasteiger partial charge in [-0.2, -0.15) is 0 Å². The Hall–Kier alpha value is -1.81. The van der Waals surface area contributed by atoms with Crippen molar-refractivity contribution in [3.8, 4) is 5.75 Å². The summed E-state index contributed by atoms with van der Waals surface area (Å²) < 4.78 is 5.30. The summed E-state index contributed by atoms with van der Waals surface area (Å²) in [6.07, 6.45) is 3.75. The lowest BCUT2D eigenvalue weighted by Crippen LogP contribution is -3.16. The number of aryl methyl sites for hydroxylation is 1. The zero-order valence-electron chi connectivity index (χ0n) is 13.7. The highest BCUT2D eigenvalue weighted by molar-refractivity contribution is 6.10. The van der Waals surface area contributed by atoms with E-state index in [1.54, 1.807) is 7.11 Å². The number of rotatable bonds is 4. The van der Waals surface area contributed by atoms with Gasteiger partial charge in [-0.1, -0.05) is 0 Å². The molecule has 0 bridgehead atoms. The van der Waals surface area contributed by atoms with E-state index in [2.05, 4.69) is 11.9 Å². The quantitative estimate of drug-likeness (QED) is 0.850. The zero-order valence-corrected chi connectivity index (χ0v) is 13.7. The molecule has 118 valence electrons. The van der Waals surface area contributed by atoms with Crippen LogP contribution in [0, 0.1) is 6.92 Å². The van der Waals surface area contributed by atoms with Gasteiger partial charge in [0.05, 0.1) is 25.3 Å². The van der Waals surface area contributed by atoms with Gasteiger partial charge >= 0.3 is 0 Å². The molecule has 4 heteroatoms. The standard InChI is InChI=1S/C18H24N2O2/c1-12-6-4-5-9-20(12)11-17(21)18-13(2)19-16-8-7-14(22-3)10-15(16)18/h7-8,10,12,19H,4-6,9,11H2,1-3H3/p+1/t12-/m1/s1. The van der Waals surface area contributed by atoms with E-state index < -0.39 is 0 Å². The molecule has 22 heavy (non-hydrogen) atoms. The number of benzene rings is 1. The number of aromatic amines is 1. The van der Waals surface area contributed by atoms with E-state index >= 15 is 0 Å². The number of likely N-dealkylation sites (tertiary alicyclic amines) is 1. The number of hydrogen-bond donors (Lipinski definition) is 2. The lowest BCUT2D eigenvalue weighted by Gasteiger charge is -2.29. The number of ketones is 1. The molecule has 1 aliphatic heterocycles. The molecule has 2 atom stereocenters. The molecule has 1 aliphatic rings. The van der Waals surface area contributed by atoms with Crippen LogP contribution in [0.25, 0.3) is 10.9 Å². The maximum absolute atomic E-state index is 12.9. The number of aromatic nitrogens is 1. The van der Waals surface area contributed by atoms with Crippen LogP contribution in [0.5, 0.6) is 5.75 Å². The first kappa shape index (κ1) is 15.1. The van der Waals surface area contributed by atoms with Crippen molar-refractivity contribution in [3.63, 3.8) is 0 Å². The first-order valence-corrected chi connectivity index (χ1v) is 8.14. The molecule has 2 aromatic rings. The molecular weight excluding hydrogens is 276 g/mol. The van der Waals surface area contributed by atoms with Crippen molar-refractivity contribution in [3.05, 3.63) is 29.5 Å². The highest BCUT2D eigenvalue weighted by Crippen LogP contribution is 2.26. The molecule has 4 nitrogen and oxygen atoms in total. The number of piperidine rings is 1. The minimum Gasteiger partial charge on any atom is -0.497 e. The third-order valence-corrected chi connectivity index (χ3v) is 4.94. The van der Waals surface area contributed by atoms with E-state index in [4.69, 9.17) is 4.74 Å². The molecule has 2 N–H and O–H groups in total. The van der Waals surface area contributed by atoms with Crippen molar-refractivity contribution < 1.29 is 14.4 Å². The Morgan fingerprint density at radius 1 is 1.41 bits per heavy atom. The maximum atomic E-state index is 12.9. The largest absolute Gasteiger partial charge is 0.497 e. The second kappa shape index (κ2) is 6.13. The van der Waals surface area contributed by atoms with E-state index in [1.165, 1.54) is 24.2 Å². The van der Waals surface area contributed by atoms with Gasteiger partial charge in [0.1, 0.15) is 12.3 Å². The van der Waals surface area contributed by atoms with Crippen molar-refractivity contribution in [2.45, 2.75) is 39.2 Å². The van der Waals surface area contributed by atoms with Crippen LogP contribution >= 0.6 is 0 Å². The van der Waals surface area contributed by atoms with Crippen LogP contribution in [0.15, 0.2) is 18.2 Å². The van der Waals surface area contributed by atoms with E-state index in [0.29, 0.717) is 12.6 Å². The SMILES string of the molecule is COc1ccc2[nH]c(C)c(C(=O)C[NH+]3CCCC[C@H]3C)c2c1. The number of H-pyrrole nitrogens is 1. The smallest absolute Gasteiger partial charge is 0.219 e. The van der Waals surface area contributed by atoms with Crippen LogP contribution in [-0.4, -0.2) is 37.0 Å². The van der Waals surface area contributed by atoms with Gasteiger partial charge in [0.2, 0.25) is 5.78 Å². The van der Waals surface area contributed by atoms with Gasteiger partial charge in [0.25, 0.3) is 0 Å². The zero-order chi connectivity index (χ0) is 15.7. The van der Waals surface area contributed by atoms with Crippen molar-refractivity contribution in [1.29, 1.82) is 0 Å². The topological polar surface area (TPSA) is 46.5 Å². The van der Waals surface area contributed by atoms with Crippen molar-refractivity contribution in [1.82, 2.24) is 4.98 Å². The molecule has 1 aromatic heterocycles. The average molecular weight is 301 g/mol. The fraction of sp³-hybridized carbons (Fsp3) is 0.500. The number of hydrogen-bond acceptors (Lipinski definition) is 2. The van der Waals surface area contributed by atoms with Gasteiger partial charge in [-0.3, -0.25) is 4.79 Å². The third-order valence-electron chi connectivity index (χ3n) is 4.94. The summed E-state index contributed by atoms with van der Waals surface area (Å²) in [6.45, 7) is 5.94. The van der Waals surface area contributed by atoms with Crippen molar-refractivity contribution in [2.75, 3.05) is 20.2 Å². The number of fused-ring (bicyclic) bond motifs is 1. The van der Waals surface area contributed by atoms with Gasteiger partial charge in [0, 0.05) is 16.6 Å². The minimum atomic E-state index is 0.237. The molecule has 1 fully saturated rings. The van der Waals surface area contributed by atoms with Crippen LogP contribution in [-0.2, 0) is 0 Å². The third kappa shape index (κ3) is 2.75. The molecule has 0 radical (unpaired) electrons. The Bertz CT molecular complexity index is 690. The second-order valence-electron chi connectivity index (χ2n) is 6.44. The Labute approximate surface area is 131 Å². The molecule has 0 amide bonds.